The monoisotopic (exact) mass is 388 g/mol. The molecule has 0 bridgehead atoms. The fourth-order valence-corrected chi connectivity index (χ4v) is 3.72. The molecule has 0 aromatic heterocycles. The van der Waals surface area contributed by atoms with E-state index in [0.29, 0.717) is 19.6 Å². The lowest BCUT2D eigenvalue weighted by Crippen LogP contribution is -2.54. The van der Waals surface area contributed by atoms with E-state index < -0.39 is 30.7 Å². The van der Waals surface area contributed by atoms with Gasteiger partial charge >= 0.3 is 5.97 Å². The number of hydrogen-bond donors (Lipinski definition) is 2. The standard InChI is InChI=1S/C20H36O7/c1-2-3-4-5-6-7-8-9-10-11-17(23)27-18-16(22)14-24-19(18)20(15-21)25-12-13-26-20/h16,18-19,21-22H,2-15H2,1H3/t16-,18+,19-/m0/s1. The number of aliphatic hydroxyl groups is 2. The summed E-state index contributed by atoms with van der Waals surface area (Å²) in [5.41, 5.74) is 0. The molecule has 2 saturated heterocycles. The summed E-state index contributed by atoms with van der Waals surface area (Å²) in [6.45, 7) is 2.48. The van der Waals surface area contributed by atoms with Gasteiger partial charge in [-0.3, -0.25) is 4.79 Å². The predicted octanol–water partition coefficient (Wildman–Crippen LogP) is 2.31. The van der Waals surface area contributed by atoms with Crippen molar-refractivity contribution < 1.29 is 34.0 Å². The molecule has 7 nitrogen and oxygen atoms in total. The Hall–Kier alpha value is -0.730. The number of unbranched alkanes of at least 4 members (excludes halogenated alkanes) is 8. The largest absolute Gasteiger partial charge is 0.456 e. The first-order valence-electron chi connectivity index (χ1n) is 10.5. The minimum Gasteiger partial charge on any atom is -0.456 e. The molecule has 2 rings (SSSR count). The molecule has 0 amide bonds. The summed E-state index contributed by atoms with van der Waals surface area (Å²) in [4.78, 5) is 12.2. The van der Waals surface area contributed by atoms with E-state index in [2.05, 4.69) is 6.92 Å². The van der Waals surface area contributed by atoms with Crippen molar-refractivity contribution in [2.45, 2.75) is 95.2 Å². The van der Waals surface area contributed by atoms with Gasteiger partial charge in [0.2, 0.25) is 5.79 Å². The first kappa shape index (κ1) is 22.6. The van der Waals surface area contributed by atoms with Crippen LogP contribution in [0.15, 0.2) is 0 Å². The van der Waals surface area contributed by atoms with E-state index in [-0.39, 0.29) is 12.6 Å². The zero-order valence-corrected chi connectivity index (χ0v) is 16.6. The van der Waals surface area contributed by atoms with Crippen molar-refractivity contribution in [2.24, 2.45) is 0 Å². The van der Waals surface area contributed by atoms with Crippen molar-refractivity contribution in [1.82, 2.24) is 0 Å². The molecule has 2 fully saturated rings. The lowest BCUT2D eigenvalue weighted by atomic mass is 10.0. The van der Waals surface area contributed by atoms with Crippen molar-refractivity contribution in [3.63, 3.8) is 0 Å². The summed E-state index contributed by atoms with van der Waals surface area (Å²) in [7, 11) is 0. The van der Waals surface area contributed by atoms with Gasteiger partial charge in [-0.1, -0.05) is 58.3 Å². The van der Waals surface area contributed by atoms with E-state index in [0.717, 1.165) is 19.3 Å². The third-order valence-corrected chi connectivity index (χ3v) is 5.31. The van der Waals surface area contributed by atoms with E-state index in [9.17, 15) is 15.0 Å². The van der Waals surface area contributed by atoms with Crippen molar-refractivity contribution in [1.29, 1.82) is 0 Å². The number of carbonyl (C=O) groups excluding carboxylic acids is 1. The summed E-state index contributed by atoms with van der Waals surface area (Å²) in [5, 5.41) is 19.8. The first-order chi connectivity index (χ1) is 13.1. The fourth-order valence-electron chi connectivity index (χ4n) is 3.72. The molecular weight excluding hydrogens is 352 g/mol. The SMILES string of the molecule is CCCCCCCCCCCC(=O)O[C@@H]1[C@@H](O)CO[C@@H]1C1(CO)OCCO1. The second-order valence-corrected chi connectivity index (χ2v) is 7.52. The Bertz CT molecular complexity index is 423. The Morgan fingerprint density at radius 1 is 1.04 bits per heavy atom. The fraction of sp³-hybridized carbons (Fsp3) is 0.950. The van der Waals surface area contributed by atoms with Crippen molar-refractivity contribution >= 4 is 5.97 Å². The van der Waals surface area contributed by atoms with Crippen LogP contribution in [0.2, 0.25) is 0 Å². The van der Waals surface area contributed by atoms with Crippen molar-refractivity contribution in [2.75, 3.05) is 26.4 Å². The summed E-state index contributed by atoms with van der Waals surface area (Å²) in [6, 6.07) is 0. The van der Waals surface area contributed by atoms with E-state index in [1.807, 2.05) is 0 Å². The highest BCUT2D eigenvalue weighted by Crippen LogP contribution is 2.33. The molecule has 2 aliphatic heterocycles. The van der Waals surface area contributed by atoms with Crippen molar-refractivity contribution in [3.05, 3.63) is 0 Å². The van der Waals surface area contributed by atoms with Gasteiger partial charge in [0.25, 0.3) is 0 Å². The molecule has 0 spiro atoms. The Balaban J connectivity index is 1.65. The van der Waals surface area contributed by atoms with Crippen LogP contribution in [0.3, 0.4) is 0 Å². The smallest absolute Gasteiger partial charge is 0.306 e. The van der Waals surface area contributed by atoms with Crippen LogP contribution in [-0.4, -0.2) is 66.7 Å². The van der Waals surface area contributed by atoms with Crippen LogP contribution < -0.4 is 0 Å². The molecule has 7 heteroatoms. The molecule has 0 aliphatic carbocycles. The number of hydrogen-bond acceptors (Lipinski definition) is 7. The molecule has 2 N–H and O–H groups in total. The number of carbonyl (C=O) groups is 1. The number of rotatable bonds is 13. The first-order valence-corrected chi connectivity index (χ1v) is 10.5. The summed E-state index contributed by atoms with van der Waals surface area (Å²) in [5.74, 6) is -1.72. The lowest BCUT2D eigenvalue weighted by Gasteiger charge is -2.33. The van der Waals surface area contributed by atoms with Crippen LogP contribution in [0.25, 0.3) is 0 Å². The zero-order chi connectivity index (χ0) is 19.5. The van der Waals surface area contributed by atoms with Gasteiger partial charge in [-0.15, -0.1) is 0 Å². The third-order valence-electron chi connectivity index (χ3n) is 5.31. The van der Waals surface area contributed by atoms with Gasteiger partial charge in [0.1, 0.15) is 12.7 Å². The molecular formula is C20H36O7. The number of esters is 1. The van der Waals surface area contributed by atoms with Gasteiger partial charge in [0.05, 0.1) is 19.8 Å². The molecule has 2 aliphatic rings. The molecule has 0 unspecified atom stereocenters. The van der Waals surface area contributed by atoms with Crippen LogP contribution in [0, 0.1) is 0 Å². The van der Waals surface area contributed by atoms with Crippen LogP contribution in [0.1, 0.15) is 71.1 Å². The maximum absolute atomic E-state index is 12.2. The summed E-state index contributed by atoms with van der Waals surface area (Å²) < 4.78 is 22.0. The summed E-state index contributed by atoms with van der Waals surface area (Å²) in [6.07, 6.45) is 8.25. The Morgan fingerprint density at radius 3 is 2.22 bits per heavy atom. The molecule has 0 radical (unpaired) electrons. The molecule has 2 heterocycles. The van der Waals surface area contributed by atoms with Gasteiger partial charge in [-0.25, -0.2) is 0 Å². The van der Waals surface area contributed by atoms with Gasteiger partial charge in [-0.2, -0.15) is 0 Å². The highest BCUT2D eigenvalue weighted by Gasteiger charge is 2.55. The predicted molar refractivity (Wildman–Crippen MR) is 99.2 cm³/mol. The second-order valence-electron chi connectivity index (χ2n) is 7.52. The second kappa shape index (κ2) is 12.0. The minimum absolute atomic E-state index is 0.0229. The minimum atomic E-state index is -1.36. The molecule has 3 atom stereocenters. The van der Waals surface area contributed by atoms with Crippen molar-refractivity contribution in [3.8, 4) is 0 Å². The van der Waals surface area contributed by atoms with Gasteiger partial charge in [0, 0.05) is 6.42 Å². The molecule has 158 valence electrons. The number of aliphatic hydroxyl groups excluding tert-OH is 2. The average Bonchev–Trinajstić information content (AvgIpc) is 3.28. The zero-order valence-electron chi connectivity index (χ0n) is 16.6. The Labute approximate surface area is 162 Å². The Kier molecular flexibility index (Phi) is 10.00. The molecule has 0 saturated carbocycles. The lowest BCUT2D eigenvalue weighted by molar-refractivity contribution is -0.257. The normalized spacial score (nSPS) is 27.1. The van der Waals surface area contributed by atoms with Crippen LogP contribution in [0.4, 0.5) is 0 Å². The topological polar surface area (TPSA) is 94.5 Å². The van der Waals surface area contributed by atoms with Crippen LogP contribution in [0.5, 0.6) is 0 Å². The van der Waals surface area contributed by atoms with Gasteiger partial charge in [0.15, 0.2) is 12.2 Å². The summed E-state index contributed by atoms with van der Waals surface area (Å²) >= 11 is 0. The van der Waals surface area contributed by atoms with E-state index in [1.165, 1.54) is 38.5 Å². The maximum atomic E-state index is 12.2. The van der Waals surface area contributed by atoms with Crippen LogP contribution in [-0.2, 0) is 23.7 Å². The van der Waals surface area contributed by atoms with E-state index >= 15 is 0 Å². The van der Waals surface area contributed by atoms with E-state index in [4.69, 9.17) is 18.9 Å². The van der Waals surface area contributed by atoms with Gasteiger partial charge < -0.3 is 29.2 Å². The highest BCUT2D eigenvalue weighted by molar-refractivity contribution is 5.69. The van der Waals surface area contributed by atoms with Crippen LogP contribution >= 0.6 is 0 Å². The highest BCUT2D eigenvalue weighted by atomic mass is 16.8. The number of ether oxygens (including phenoxy) is 4. The average molecular weight is 389 g/mol. The molecule has 27 heavy (non-hydrogen) atoms. The Morgan fingerprint density at radius 2 is 1.63 bits per heavy atom. The quantitative estimate of drug-likeness (QED) is 0.369. The molecule has 0 aromatic rings. The maximum Gasteiger partial charge on any atom is 0.306 e. The molecule has 0 aromatic carbocycles. The third kappa shape index (κ3) is 6.68. The van der Waals surface area contributed by atoms with E-state index in [1.54, 1.807) is 0 Å². The van der Waals surface area contributed by atoms with Gasteiger partial charge in [-0.05, 0) is 6.42 Å².